The topological polar surface area (TPSA) is 62.3 Å². The number of hydrogen-bond acceptors (Lipinski definition) is 3. The first-order chi connectivity index (χ1) is 10.5. The summed E-state index contributed by atoms with van der Waals surface area (Å²) in [5.74, 6) is -0.188. The summed E-state index contributed by atoms with van der Waals surface area (Å²) in [6.07, 6.45) is 0.311. The standard InChI is InChI=1S/C16H16ClN3O2/c1-10-8-15(21)18-6-7-20(10)16(22)13-5-3-11-2-4-12(17)9-14(11)19-13/h2-5,9-10H,6-8H2,1H3,(H,18,21). The van der Waals surface area contributed by atoms with E-state index >= 15 is 0 Å². The molecule has 1 aromatic carbocycles. The van der Waals surface area contributed by atoms with Crippen LogP contribution in [-0.2, 0) is 4.79 Å². The Morgan fingerprint density at radius 2 is 2.14 bits per heavy atom. The highest BCUT2D eigenvalue weighted by Gasteiger charge is 2.26. The van der Waals surface area contributed by atoms with Gasteiger partial charge in [0.15, 0.2) is 0 Å². The van der Waals surface area contributed by atoms with Gasteiger partial charge in [0.1, 0.15) is 5.69 Å². The Hall–Kier alpha value is -2.14. The number of halogens is 1. The molecular formula is C16H16ClN3O2. The number of nitrogens with zero attached hydrogens (tertiary/aromatic N) is 2. The summed E-state index contributed by atoms with van der Waals surface area (Å²) < 4.78 is 0. The van der Waals surface area contributed by atoms with Crippen LogP contribution in [0.25, 0.3) is 10.9 Å². The largest absolute Gasteiger partial charge is 0.354 e. The molecule has 0 radical (unpaired) electrons. The number of amides is 2. The molecule has 5 nitrogen and oxygen atoms in total. The van der Waals surface area contributed by atoms with Gasteiger partial charge in [-0.1, -0.05) is 23.7 Å². The molecule has 0 saturated carbocycles. The number of pyridine rings is 1. The van der Waals surface area contributed by atoms with E-state index in [4.69, 9.17) is 11.6 Å². The summed E-state index contributed by atoms with van der Waals surface area (Å²) in [7, 11) is 0. The van der Waals surface area contributed by atoms with Crippen LogP contribution in [0.5, 0.6) is 0 Å². The normalized spacial score (nSPS) is 18.9. The van der Waals surface area contributed by atoms with E-state index in [1.54, 1.807) is 23.1 Å². The highest BCUT2D eigenvalue weighted by Crippen LogP contribution is 2.19. The number of carbonyl (C=O) groups excluding carboxylic acids is 2. The van der Waals surface area contributed by atoms with Crippen LogP contribution in [0.4, 0.5) is 0 Å². The molecule has 1 aromatic heterocycles. The number of fused-ring (bicyclic) bond motifs is 1. The maximum Gasteiger partial charge on any atom is 0.272 e. The predicted octanol–water partition coefficient (Wildman–Crippen LogP) is 2.24. The number of hydrogen-bond donors (Lipinski definition) is 1. The number of carbonyl (C=O) groups is 2. The molecule has 1 aliphatic heterocycles. The van der Waals surface area contributed by atoms with Crippen LogP contribution in [0.2, 0.25) is 5.02 Å². The molecule has 0 bridgehead atoms. The van der Waals surface area contributed by atoms with Gasteiger partial charge < -0.3 is 10.2 Å². The van der Waals surface area contributed by atoms with E-state index in [1.807, 2.05) is 19.1 Å². The predicted molar refractivity (Wildman–Crippen MR) is 84.9 cm³/mol. The number of nitrogens with one attached hydrogen (secondary N) is 1. The van der Waals surface area contributed by atoms with Crippen molar-refractivity contribution in [1.29, 1.82) is 0 Å². The lowest BCUT2D eigenvalue weighted by molar-refractivity contribution is -0.121. The van der Waals surface area contributed by atoms with Gasteiger partial charge in [0.25, 0.3) is 5.91 Å². The van der Waals surface area contributed by atoms with Crippen molar-refractivity contribution >= 4 is 34.3 Å². The molecule has 3 rings (SSSR count). The van der Waals surface area contributed by atoms with Crippen LogP contribution in [0, 0.1) is 0 Å². The minimum Gasteiger partial charge on any atom is -0.354 e. The van der Waals surface area contributed by atoms with Gasteiger partial charge in [-0.3, -0.25) is 9.59 Å². The van der Waals surface area contributed by atoms with Crippen molar-refractivity contribution in [2.75, 3.05) is 13.1 Å². The summed E-state index contributed by atoms with van der Waals surface area (Å²) in [5.41, 5.74) is 1.06. The van der Waals surface area contributed by atoms with Crippen LogP contribution >= 0.6 is 11.6 Å². The fourth-order valence-corrected chi connectivity index (χ4v) is 2.81. The zero-order chi connectivity index (χ0) is 15.7. The smallest absolute Gasteiger partial charge is 0.272 e. The van der Waals surface area contributed by atoms with E-state index in [-0.39, 0.29) is 17.9 Å². The maximum atomic E-state index is 12.7. The van der Waals surface area contributed by atoms with Gasteiger partial charge in [-0.05, 0) is 25.1 Å². The van der Waals surface area contributed by atoms with Gasteiger partial charge in [-0.15, -0.1) is 0 Å². The summed E-state index contributed by atoms with van der Waals surface area (Å²) >= 11 is 5.98. The fourth-order valence-electron chi connectivity index (χ4n) is 2.65. The molecule has 1 aliphatic rings. The average molecular weight is 318 g/mol. The Morgan fingerprint density at radius 1 is 1.36 bits per heavy atom. The zero-order valence-electron chi connectivity index (χ0n) is 12.2. The van der Waals surface area contributed by atoms with Gasteiger partial charge in [0, 0.05) is 36.0 Å². The monoisotopic (exact) mass is 317 g/mol. The molecule has 1 atom stereocenters. The van der Waals surface area contributed by atoms with Gasteiger partial charge in [-0.2, -0.15) is 0 Å². The Kier molecular flexibility index (Phi) is 3.98. The first-order valence-corrected chi connectivity index (χ1v) is 7.56. The third-order valence-electron chi connectivity index (χ3n) is 3.82. The van der Waals surface area contributed by atoms with Crippen molar-refractivity contribution in [1.82, 2.24) is 15.2 Å². The lowest BCUT2D eigenvalue weighted by Crippen LogP contribution is -2.40. The maximum absolute atomic E-state index is 12.7. The third kappa shape index (κ3) is 2.90. The van der Waals surface area contributed by atoms with E-state index < -0.39 is 0 Å². The molecule has 2 heterocycles. The second-order valence-electron chi connectivity index (χ2n) is 5.44. The minimum atomic E-state index is -0.161. The van der Waals surface area contributed by atoms with Crippen molar-refractivity contribution in [3.63, 3.8) is 0 Å². The minimum absolute atomic E-state index is 0.0268. The van der Waals surface area contributed by atoms with Crippen molar-refractivity contribution in [2.24, 2.45) is 0 Å². The molecule has 1 fully saturated rings. The molecule has 6 heteroatoms. The quantitative estimate of drug-likeness (QED) is 0.877. The number of aromatic nitrogens is 1. The summed E-state index contributed by atoms with van der Waals surface area (Å²) in [5, 5.41) is 4.30. The van der Waals surface area contributed by atoms with E-state index in [2.05, 4.69) is 10.3 Å². The molecule has 1 unspecified atom stereocenters. The molecule has 0 aliphatic carbocycles. The molecule has 2 amide bonds. The van der Waals surface area contributed by atoms with E-state index in [0.29, 0.717) is 35.7 Å². The highest BCUT2D eigenvalue weighted by atomic mass is 35.5. The number of benzene rings is 1. The zero-order valence-corrected chi connectivity index (χ0v) is 12.9. The fraction of sp³-hybridized carbons (Fsp3) is 0.312. The molecule has 1 saturated heterocycles. The van der Waals surface area contributed by atoms with Crippen LogP contribution in [-0.4, -0.2) is 40.8 Å². The summed E-state index contributed by atoms with van der Waals surface area (Å²) in [6.45, 7) is 2.83. The van der Waals surface area contributed by atoms with Crippen molar-refractivity contribution in [2.45, 2.75) is 19.4 Å². The van der Waals surface area contributed by atoms with E-state index in [0.717, 1.165) is 5.39 Å². The molecule has 1 N–H and O–H groups in total. The van der Waals surface area contributed by atoms with Crippen molar-refractivity contribution in [3.8, 4) is 0 Å². The van der Waals surface area contributed by atoms with Crippen LogP contribution < -0.4 is 5.32 Å². The lowest BCUT2D eigenvalue weighted by Gasteiger charge is -2.25. The SMILES string of the molecule is CC1CC(=O)NCCN1C(=O)c1ccc2ccc(Cl)cc2n1. The van der Waals surface area contributed by atoms with Crippen molar-refractivity contribution < 1.29 is 9.59 Å². The number of rotatable bonds is 1. The molecule has 114 valence electrons. The van der Waals surface area contributed by atoms with E-state index in [1.165, 1.54) is 0 Å². The first-order valence-electron chi connectivity index (χ1n) is 7.18. The second-order valence-corrected chi connectivity index (χ2v) is 5.87. The molecule has 0 spiro atoms. The summed E-state index contributed by atoms with van der Waals surface area (Å²) in [4.78, 5) is 30.3. The average Bonchev–Trinajstić information content (AvgIpc) is 2.66. The molecule has 2 aromatic rings. The molecular weight excluding hydrogens is 302 g/mol. The van der Waals surface area contributed by atoms with Crippen LogP contribution in [0.1, 0.15) is 23.8 Å². The van der Waals surface area contributed by atoms with Crippen LogP contribution in [0.3, 0.4) is 0 Å². The summed E-state index contributed by atoms with van der Waals surface area (Å²) in [6, 6.07) is 8.83. The van der Waals surface area contributed by atoms with Gasteiger partial charge in [0.05, 0.1) is 5.52 Å². The van der Waals surface area contributed by atoms with E-state index in [9.17, 15) is 9.59 Å². The van der Waals surface area contributed by atoms with Gasteiger partial charge >= 0.3 is 0 Å². The van der Waals surface area contributed by atoms with Gasteiger partial charge in [0.2, 0.25) is 5.91 Å². The Balaban J connectivity index is 1.92. The highest BCUT2D eigenvalue weighted by molar-refractivity contribution is 6.31. The van der Waals surface area contributed by atoms with Crippen LogP contribution in [0.15, 0.2) is 30.3 Å². The Morgan fingerprint density at radius 3 is 2.95 bits per heavy atom. The van der Waals surface area contributed by atoms with Crippen molar-refractivity contribution in [3.05, 3.63) is 41.0 Å². The molecule has 22 heavy (non-hydrogen) atoms. The Bertz CT molecular complexity index is 747. The van der Waals surface area contributed by atoms with Gasteiger partial charge in [-0.25, -0.2) is 4.98 Å². The first kappa shape index (κ1) is 14.8. The Labute approximate surface area is 133 Å². The second kappa shape index (κ2) is 5.93. The lowest BCUT2D eigenvalue weighted by atomic mass is 10.1. The third-order valence-corrected chi connectivity index (χ3v) is 4.06.